The Kier molecular flexibility index (Phi) is 2.84. The van der Waals surface area contributed by atoms with Gasteiger partial charge in [-0.25, -0.2) is 4.39 Å². The van der Waals surface area contributed by atoms with Crippen molar-refractivity contribution in [3.05, 3.63) is 29.8 Å². The van der Waals surface area contributed by atoms with Crippen LogP contribution in [0.1, 0.15) is 23.8 Å². The van der Waals surface area contributed by atoms with E-state index in [0.29, 0.717) is 0 Å². The largest absolute Gasteiger partial charge is 0.300 e. The van der Waals surface area contributed by atoms with E-state index in [4.69, 9.17) is 0 Å². The molecule has 0 fully saturated rings. The van der Waals surface area contributed by atoms with Crippen LogP contribution in [0.4, 0.5) is 4.39 Å². The van der Waals surface area contributed by atoms with Gasteiger partial charge < -0.3 is 0 Å². The van der Waals surface area contributed by atoms with Gasteiger partial charge in [-0.05, 0) is 19.1 Å². The maximum atomic E-state index is 12.4. The molecule has 0 aliphatic carbocycles. The lowest BCUT2D eigenvalue weighted by Crippen LogP contribution is -2.06. The van der Waals surface area contributed by atoms with E-state index in [1.54, 1.807) is 0 Å². The van der Waals surface area contributed by atoms with Gasteiger partial charge >= 0.3 is 0 Å². The van der Waals surface area contributed by atoms with E-state index >= 15 is 0 Å². The summed E-state index contributed by atoms with van der Waals surface area (Å²) in [6.45, 7) is 1.32. The van der Waals surface area contributed by atoms with E-state index in [1.807, 2.05) is 0 Å². The minimum Gasteiger partial charge on any atom is -0.300 e. The number of rotatable bonds is 3. The third-order valence-corrected chi connectivity index (χ3v) is 1.42. The van der Waals surface area contributed by atoms with Crippen LogP contribution in [0.2, 0.25) is 0 Å². The molecule has 1 heterocycles. The Hall–Kier alpha value is -1.58. The zero-order valence-corrected chi connectivity index (χ0v) is 7.08. The van der Waals surface area contributed by atoms with Gasteiger partial charge in [0, 0.05) is 0 Å². The van der Waals surface area contributed by atoms with Gasteiger partial charge in [0.15, 0.2) is 5.78 Å². The lowest BCUT2D eigenvalue weighted by molar-refractivity contribution is -0.116. The van der Waals surface area contributed by atoms with Crippen molar-refractivity contribution in [3.8, 4) is 0 Å². The first-order valence-electron chi connectivity index (χ1n) is 3.74. The van der Waals surface area contributed by atoms with Crippen molar-refractivity contribution in [3.63, 3.8) is 0 Å². The van der Waals surface area contributed by atoms with E-state index in [1.165, 1.54) is 13.0 Å². The molecule has 4 heteroatoms. The van der Waals surface area contributed by atoms with Gasteiger partial charge in [-0.1, -0.05) is 0 Å². The number of hydrogen-bond acceptors (Lipinski definition) is 3. The predicted molar refractivity (Wildman–Crippen MR) is 43.8 cm³/mol. The Balaban J connectivity index is 2.78. The molecule has 1 rings (SSSR count). The van der Waals surface area contributed by atoms with Crippen LogP contribution in [0.15, 0.2) is 18.3 Å². The fourth-order valence-corrected chi connectivity index (χ4v) is 0.857. The van der Waals surface area contributed by atoms with E-state index in [2.05, 4.69) is 4.98 Å². The lowest BCUT2D eigenvalue weighted by Gasteiger charge is -1.96. The molecule has 0 atom stereocenters. The Labute approximate surface area is 74.6 Å². The highest BCUT2D eigenvalue weighted by Crippen LogP contribution is 2.01. The van der Waals surface area contributed by atoms with E-state index < -0.39 is 5.82 Å². The van der Waals surface area contributed by atoms with E-state index in [0.717, 1.165) is 12.3 Å². The SMILES string of the molecule is CC(=O)CC(=O)c1ccc(F)cn1. The fraction of sp³-hybridized carbons (Fsp3) is 0.222. The lowest BCUT2D eigenvalue weighted by atomic mass is 10.1. The first-order valence-corrected chi connectivity index (χ1v) is 3.74. The van der Waals surface area contributed by atoms with Crippen LogP contribution < -0.4 is 0 Å². The van der Waals surface area contributed by atoms with Crippen LogP contribution in [0, 0.1) is 5.82 Å². The zero-order valence-electron chi connectivity index (χ0n) is 7.08. The Bertz CT molecular complexity index is 332. The molecule has 13 heavy (non-hydrogen) atoms. The molecule has 0 spiro atoms. The normalized spacial score (nSPS) is 9.69. The number of ketones is 2. The van der Waals surface area contributed by atoms with Crippen molar-refractivity contribution in [2.75, 3.05) is 0 Å². The molecule has 0 saturated heterocycles. The molecule has 0 aromatic carbocycles. The monoisotopic (exact) mass is 181 g/mol. The Morgan fingerprint density at radius 3 is 2.62 bits per heavy atom. The van der Waals surface area contributed by atoms with Crippen molar-refractivity contribution < 1.29 is 14.0 Å². The third-order valence-electron chi connectivity index (χ3n) is 1.42. The minimum absolute atomic E-state index is 0.122. The summed E-state index contributed by atoms with van der Waals surface area (Å²) in [4.78, 5) is 25.3. The average molecular weight is 181 g/mol. The molecular formula is C9H8FNO2. The number of Topliss-reactive ketones (excluding diaryl/α,β-unsaturated/α-hetero) is 2. The maximum absolute atomic E-state index is 12.4. The molecule has 0 aliphatic heterocycles. The number of halogens is 1. The number of hydrogen-bond donors (Lipinski definition) is 0. The van der Waals surface area contributed by atoms with Crippen molar-refractivity contribution in [1.29, 1.82) is 0 Å². The summed E-state index contributed by atoms with van der Waals surface area (Å²) < 4.78 is 12.4. The minimum atomic E-state index is -0.501. The van der Waals surface area contributed by atoms with Gasteiger partial charge in [-0.15, -0.1) is 0 Å². The molecule has 0 saturated carbocycles. The van der Waals surface area contributed by atoms with Gasteiger partial charge in [-0.2, -0.15) is 0 Å². The summed E-state index contributed by atoms with van der Waals surface area (Å²) in [6.07, 6.45) is 0.770. The van der Waals surface area contributed by atoms with Crippen LogP contribution >= 0.6 is 0 Å². The van der Waals surface area contributed by atoms with E-state index in [-0.39, 0.29) is 23.7 Å². The second-order valence-electron chi connectivity index (χ2n) is 2.66. The summed E-state index contributed by atoms with van der Waals surface area (Å²) in [5, 5.41) is 0. The van der Waals surface area contributed by atoms with Crippen molar-refractivity contribution >= 4 is 11.6 Å². The molecule has 0 N–H and O–H groups in total. The van der Waals surface area contributed by atoms with Crippen LogP contribution in [-0.2, 0) is 4.79 Å². The highest BCUT2D eigenvalue weighted by atomic mass is 19.1. The standard InChI is InChI=1S/C9H8FNO2/c1-6(12)4-9(13)8-3-2-7(10)5-11-8/h2-3,5H,4H2,1H3. The molecule has 0 bridgehead atoms. The summed E-state index contributed by atoms with van der Waals surface area (Å²) in [7, 11) is 0. The van der Waals surface area contributed by atoms with Crippen molar-refractivity contribution in [1.82, 2.24) is 4.98 Å². The molecule has 0 unspecified atom stereocenters. The van der Waals surface area contributed by atoms with E-state index in [9.17, 15) is 14.0 Å². The molecule has 3 nitrogen and oxygen atoms in total. The summed E-state index contributed by atoms with van der Waals surface area (Å²) in [5.41, 5.74) is 0.122. The predicted octanol–water partition coefficient (Wildman–Crippen LogP) is 1.38. The number of carbonyl (C=O) groups is 2. The molecule has 0 amide bonds. The second kappa shape index (κ2) is 3.89. The van der Waals surface area contributed by atoms with Crippen LogP contribution in [0.3, 0.4) is 0 Å². The van der Waals surface area contributed by atoms with Gasteiger partial charge in [-0.3, -0.25) is 14.6 Å². The smallest absolute Gasteiger partial charge is 0.188 e. The summed E-state index contributed by atoms with van der Waals surface area (Å²) in [5.74, 6) is -1.11. The molecule has 1 aromatic rings. The van der Waals surface area contributed by atoms with Gasteiger partial charge in [0.1, 0.15) is 17.3 Å². The van der Waals surface area contributed by atoms with Crippen molar-refractivity contribution in [2.45, 2.75) is 13.3 Å². The molecule has 0 aliphatic rings. The van der Waals surface area contributed by atoms with Gasteiger partial charge in [0.05, 0.1) is 12.6 Å². The maximum Gasteiger partial charge on any atom is 0.188 e. The highest BCUT2D eigenvalue weighted by molar-refractivity contribution is 6.06. The summed E-state index contributed by atoms with van der Waals surface area (Å²) in [6, 6.07) is 2.40. The van der Waals surface area contributed by atoms with Gasteiger partial charge in [0.2, 0.25) is 0 Å². The topological polar surface area (TPSA) is 47.0 Å². The summed E-state index contributed by atoms with van der Waals surface area (Å²) >= 11 is 0. The second-order valence-corrected chi connectivity index (χ2v) is 2.66. The van der Waals surface area contributed by atoms with Crippen molar-refractivity contribution in [2.24, 2.45) is 0 Å². The molecule has 0 radical (unpaired) electrons. The fourth-order valence-electron chi connectivity index (χ4n) is 0.857. The number of aromatic nitrogens is 1. The average Bonchev–Trinajstić information content (AvgIpc) is 2.04. The Morgan fingerprint density at radius 1 is 1.46 bits per heavy atom. The molecule has 1 aromatic heterocycles. The zero-order chi connectivity index (χ0) is 9.84. The van der Waals surface area contributed by atoms with Crippen LogP contribution in [0.5, 0.6) is 0 Å². The van der Waals surface area contributed by atoms with Crippen LogP contribution in [0.25, 0.3) is 0 Å². The third kappa shape index (κ3) is 2.74. The number of carbonyl (C=O) groups excluding carboxylic acids is 2. The number of pyridine rings is 1. The molecule has 68 valence electrons. The number of nitrogens with zero attached hydrogens (tertiary/aromatic N) is 1. The first-order chi connectivity index (χ1) is 6.09. The first kappa shape index (κ1) is 9.51. The molecular weight excluding hydrogens is 173 g/mol. The van der Waals surface area contributed by atoms with Crippen LogP contribution in [-0.4, -0.2) is 16.6 Å². The Morgan fingerprint density at radius 2 is 2.15 bits per heavy atom. The quantitative estimate of drug-likeness (QED) is 0.522. The van der Waals surface area contributed by atoms with Gasteiger partial charge in [0.25, 0.3) is 0 Å². The highest BCUT2D eigenvalue weighted by Gasteiger charge is 2.09.